The van der Waals surface area contributed by atoms with Crippen LogP contribution in [0.15, 0.2) is 23.1 Å². The second-order valence-electron chi connectivity index (χ2n) is 6.03. The lowest BCUT2D eigenvalue weighted by Crippen LogP contribution is -2.44. The smallest absolute Gasteiger partial charge is 0.242 e. The highest BCUT2D eigenvalue weighted by Crippen LogP contribution is 2.24. The Balaban J connectivity index is 2.16. The molecule has 4 nitrogen and oxygen atoms in total. The zero-order valence-corrected chi connectivity index (χ0v) is 14.8. The van der Waals surface area contributed by atoms with E-state index in [1.165, 1.54) is 0 Å². The van der Waals surface area contributed by atoms with Gasteiger partial charge in [0.15, 0.2) is 0 Å². The summed E-state index contributed by atoms with van der Waals surface area (Å²) in [4.78, 5) is 0.190. The Kier molecular flexibility index (Phi) is 6.26. The highest BCUT2D eigenvalue weighted by molar-refractivity contribution is 7.89. The molecule has 1 fully saturated rings. The van der Waals surface area contributed by atoms with E-state index in [4.69, 9.17) is 11.6 Å². The summed E-state index contributed by atoms with van der Waals surface area (Å²) in [7, 11) is -3.59. The summed E-state index contributed by atoms with van der Waals surface area (Å²) in [5, 5.41) is 3.60. The van der Waals surface area contributed by atoms with Gasteiger partial charge in [0, 0.05) is 6.04 Å². The third kappa shape index (κ3) is 4.44. The second-order valence-corrected chi connectivity index (χ2v) is 8.12. The monoisotopic (exact) mass is 344 g/mol. The van der Waals surface area contributed by atoms with Gasteiger partial charge in [-0.15, -0.1) is 0 Å². The fourth-order valence-corrected chi connectivity index (χ4v) is 4.77. The van der Waals surface area contributed by atoms with Crippen LogP contribution in [-0.4, -0.2) is 27.5 Å². The van der Waals surface area contributed by atoms with Crippen molar-refractivity contribution in [3.05, 3.63) is 28.8 Å². The molecule has 2 unspecified atom stereocenters. The third-order valence-electron chi connectivity index (χ3n) is 4.21. The first-order valence-electron chi connectivity index (χ1n) is 7.95. The van der Waals surface area contributed by atoms with Crippen molar-refractivity contribution in [1.29, 1.82) is 0 Å². The summed E-state index contributed by atoms with van der Waals surface area (Å²) in [6.07, 6.45) is 3.95. The van der Waals surface area contributed by atoms with Crippen LogP contribution in [0.4, 0.5) is 0 Å². The molecule has 0 amide bonds. The molecule has 0 spiro atoms. The normalized spacial score (nSPS) is 20.8. The molecule has 2 rings (SSSR count). The van der Waals surface area contributed by atoms with Crippen molar-refractivity contribution in [2.75, 3.05) is 13.1 Å². The fraction of sp³-hybridized carbons (Fsp3) is 0.625. The van der Waals surface area contributed by atoms with Gasteiger partial charge < -0.3 is 5.32 Å². The fourth-order valence-electron chi connectivity index (χ4n) is 2.91. The van der Waals surface area contributed by atoms with E-state index in [-0.39, 0.29) is 16.0 Å². The van der Waals surface area contributed by atoms with Crippen LogP contribution in [0.2, 0.25) is 5.02 Å². The molecule has 1 aromatic carbocycles. The summed E-state index contributed by atoms with van der Waals surface area (Å²) < 4.78 is 28.1. The molecule has 1 heterocycles. The van der Waals surface area contributed by atoms with E-state index in [1.54, 1.807) is 12.1 Å². The van der Waals surface area contributed by atoms with Gasteiger partial charge in [0.2, 0.25) is 10.0 Å². The van der Waals surface area contributed by atoms with E-state index in [0.29, 0.717) is 5.92 Å². The average Bonchev–Trinajstić information content (AvgIpc) is 2.50. The molecule has 0 bridgehead atoms. The lowest BCUT2D eigenvalue weighted by Gasteiger charge is -2.28. The number of piperidine rings is 1. The van der Waals surface area contributed by atoms with Gasteiger partial charge in [0.25, 0.3) is 0 Å². The van der Waals surface area contributed by atoms with Gasteiger partial charge in [-0.25, -0.2) is 13.1 Å². The number of benzene rings is 1. The zero-order valence-electron chi connectivity index (χ0n) is 13.2. The molecule has 0 aliphatic carbocycles. The maximum atomic E-state index is 12.6. The Hall–Kier alpha value is -0.620. The molecule has 6 heteroatoms. The van der Waals surface area contributed by atoms with Crippen LogP contribution in [0.1, 0.15) is 38.7 Å². The Bertz CT molecular complexity index is 598. The molecule has 124 valence electrons. The van der Waals surface area contributed by atoms with Crippen LogP contribution in [0, 0.1) is 5.92 Å². The minimum atomic E-state index is -3.59. The quantitative estimate of drug-likeness (QED) is 0.834. The van der Waals surface area contributed by atoms with Crippen LogP contribution in [0.3, 0.4) is 0 Å². The lowest BCUT2D eigenvalue weighted by molar-refractivity contribution is 0.320. The van der Waals surface area contributed by atoms with Crippen LogP contribution in [0.5, 0.6) is 0 Å². The van der Waals surface area contributed by atoms with E-state index < -0.39 is 10.0 Å². The summed E-state index contributed by atoms with van der Waals surface area (Å²) >= 11 is 6.12. The minimum Gasteiger partial charge on any atom is -0.316 e. The highest BCUT2D eigenvalue weighted by atomic mass is 35.5. The van der Waals surface area contributed by atoms with Gasteiger partial charge in [-0.3, -0.25) is 0 Å². The molecule has 22 heavy (non-hydrogen) atoms. The molecular weight excluding hydrogens is 320 g/mol. The average molecular weight is 345 g/mol. The number of rotatable bonds is 6. The molecule has 0 aromatic heterocycles. The number of nitrogens with one attached hydrogen (secondary N) is 2. The van der Waals surface area contributed by atoms with Crippen molar-refractivity contribution in [1.82, 2.24) is 10.0 Å². The van der Waals surface area contributed by atoms with Crippen molar-refractivity contribution < 1.29 is 8.42 Å². The SMILES string of the molecule is CCCc1ccc(Cl)c(S(=O)(=O)NC(C)C2CCCNC2)c1. The summed E-state index contributed by atoms with van der Waals surface area (Å²) in [6.45, 7) is 5.87. The van der Waals surface area contributed by atoms with E-state index in [0.717, 1.165) is 44.3 Å². The predicted octanol–water partition coefficient (Wildman–Crippen LogP) is 2.96. The third-order valence-corrected chi connectivity index (χ3v) is 6.25. The van der Waals surface area contributed by atoms with E-state index >= 15 is 0 Å². The molecule has 1 aliphatic heterocycles. The van der Waals surface area contributed by atoms with Gasteiger partial charge >= 0.3 is 0 Å². The maximum Gasteiger partial charge on any atom is 0.242 e. The first kappa shape index (κ1) is 17.7. The van der Waals surface area contributed by atoms with Gasteiger partial charge in [-0.2, -0.15) is 0 Å². The number of aryl methyl sites for hydroxylation is 1. The van der Waals surface area contributed by atoms with Crippen molar-refractivity contribution in [3.63, 3.8) is 0 Å². The number of hydrogen-bond donors (Lipinski definition) is 2. The minimum absolute atomic E-state index is 0.108. The Morgan fingerprint density at radius 3 is 2.86 bits per heavy atom. The Labute approximate surface area is 138 Å². The summed E-state index contributed by atoms with van der Waals surface area (Å²) in [5.41, 5.74) is 0.999. The zero-order chi connectivity index (χ0) is 16.2. The predicted molar refractivity (Wildman–Crippen MR) is 90.8 cm³/mol. The van der Waals surface area contributed by atoms with Crippen LogP contribution < -0.4 is 10.0 Å². The molecule has 0 saturated carbocycles. The number of hydrogen-bond acceptors (Lipinski definition) is 3. The topological polar surface area (TPSA) is 58.2 Å². The van der Waals surface area contributed by atoms with Gasteiger partial charge in [-0.05, 0) is 62.9 Å². The van der Waals surface area contributed by atoms with Crippen LogP contribution in [0.25, 0.3) is 0 Å². The number of halogens is 1. The molecule has 1 aliphatic rings. The maximum absolute atomic E-state index is 12.6. The van der Waals surface area contributed by atoms with E-state index in [2.05, 4.69) is 17.0 Å². The molecular formula is C16H25ClN2O2S. The number of sulfonamides is 1. The molecule has 1 aromatic rings. The van der Waals surface area contributed by atoms with Crippen molar-refractivity contribution in [2.45, 2.75) is 50.5 Å². The van der Waals surface area contributed by atoms with Crippen molar-refractivity contribution in [2.24, 2.45) is 5.92 Å². The largest absolute Gasteiger partial charge is 0.316 e. The molecule has 2 N–H and O–H groups in total. The Morgan fingerprint density at radius 1 is 1.45 bits per heavy atom. The van der Waals surface area contributed by atoms with Gasteiger partial charge in [0.05, 0.1) is 5.02 Å². The van der Waals surface area contributed by atoms with Gasteiger partial charge in [-0.1, -0.05) is 31.0 Å². The Morgan fingerprint density at radius 2 is 2.23 bits per heavy atom. The first-order chi connectivity index (χ1) is 10.4. The second kappa shape index (κ2) is 7.77. The standard InChI is InChI=1S/C16H25ClN2O2S/c1-3-5-13-7-8-15(17)16(10-13)22(20,21)19-12(2)14-6-4-9-18-11-14/h7-8,10,12,14,18-19H,3-6,9,11H2,1-2H3. The van der Waals surface area contributed by atoms with E-state index in [9.17, 15) is 8.42 Å². The van der Waals surface area contributed by atoms with Crippen LogP contribution >= 0.6 is 11.6 Å². The van der Waals surface area contributed by atoms with Crippen LogP contribution in [-0.2, 0) is 16.4 Å². The summed E-state index contributed by atoms with van der Waals surface area (Å²) in [5.74, 6) is 0.320. The van der Waals surface area contributed by atoms with E-state index in [1.807, 2.05) is 13.0 Å². The summed E-state index contributed by atoms with van der Waals surface area (Å²) in [6, 6.07) is 5.15. The molecule has 0 radical (unpaired) electrons. The first-order valence-corrected chi connectivity index (χ1v) is 9.81. The van der Waals surface area contributed by atoms with Crippen molar-refractivity contribution >= 4 is 21.6 Å². The highest BCUT2D eigenvalue weighted by Gasteiger charge is 2.26. The molecule has 2 atom stereocenters. The van der Waals surface area contributed by atoms with Crippen molar-refractivity contribution in [3.8, 4) is 0 Å². The molecule has 1 saturated heterocycles. The lowest BCUT2D eigenvalue weighted by atomic mass is 9.94. The van der Waals surface area contributed by atoms with Gasteiger partial charge in [0.1, 0.15) is 4.90 Å².